The molecule has 9 nitrogen and oxygen atoms in total. The number of anilines is 1. The van der Waals surface area contributed by atoms with Crippen LogP contribution in [0.1, 0.15) is 47.4 Å². The number of likely N-dealkylation sites (tertiary alicyclic amines) is 1. The zero-order valence-electron chi connectivity index (χ0n) is 23.3. The van der Waals surface area contributed by atoms with Gasteiger partial charge < -0.3 is 10.2 Å². The highest BCUT2D eigenvalue weighted by Crippen LogP contribution is 2.27. The van der Waals surface area contributed by atoms with E-state index in [0.29, 0.717) is 5.69 Å². The van der Waals surface area contributed by atoms with Crippen LogP contribution in [0.2, 0.25) is 0 Å². The molecule has 2 fully saturated rings. The van der Waals surface area contributed by atoms with Crippen LogP contribution in [0.25, 0.3) is 22.0 Å². The third kappa shape index (κ3) is 6.38. The van der Waals surface area contributed by atoms with Crippen molar-refractivity contribution >= 4 is 22.5 Å². The summed E-state index contributed by atoms with van der Waals surface area (Å²) in [5.41, 5.74) is 6.16. The summed E-state index contributed by atoms with van der Waals surface area (Å²) in [6, 6.07) is 12.1. The topological polar surface area (TPSA) is 93.3 Å². The third-order valence-electron chi connectivity index (χ3n) is 8.07. The van der Waals surface area contributed by atoms with Crippen molar-refractivity contribution in [2.75, 3.05) is 51.6 Å². The highest BCUT2D eigenvalue weighted by molar-refractivity contribution is 6.11. The van der Waals surface area contributed by atoms with Gasteiger partial charge in [0.15, 0.2) is 5.69 Å². The van der Waals surface area contributed by atoms with Crippen LogP contribution in [0.3, 0.4) is 0 Å². The average molecular weight is 539 g/mol. The van der Waals surface area contributed by atoms with E-state index in [1.54, 1.807) is 6.20 Å². The molecule has 40 heavy (non-hydrogen) atoms. The third-order valence-corrected chi connectivity index (χ3v) is 8.07. The molecule has 0 saturated carbocycles. The number of fused-ring (bicyclic) bond motifs is 1. The van der Waals surface area contributed by atoms with E-state index in [2.05, 4.69) is 59.4 Å². The van der Waals surface area contributed by atoms with E-state index >= 15 is 0 Å². The molecular weight excluding hydrogens is 500 g/mol. The lowest BCUT2D eigenvalue weighted by atomic mass is 10.0. The number of nitrogens with zero attached hydrogens (tertiary/aromatic N) is 6. The molecule has 0 atom stereocenters. The van der Waals surface area contributed by atoms with E-state index < -0.39 is 0 Å². The largest absolute Gasteiger partial charge is 0.320 e. The lowest BCUT2D eigenvalue weighted by molar-refractivity contribution is 0.102. The van der Waals surface area contributed by atoms with Gasteiger partial charge in [0.1, 0.15) is 0 Å². The maximum Gasteiger partial charge on any atom is 0.276 e. The maximum atomic E-state index is 13.3. The summed E-state index contributed by atoms with van der Waals surface area (Å²) < 4.78 is 0. The Kier molecular flexibility index (Phi) is 8.13. The molecule has 0 spiro atoms. The van der Waals surface area contributed by atoms with Gasteiger partial charge in [-0.1, -0.05) is 18.9 Å². The van der Waals surface area contributed by atoms with Gasteiger partial charge in [-0.3, -0.25) is 29.7 Å². The van der Waals surface area contributed by atoms with E-state index in [1.165, 1.54) is 31.2 Å². The minimum Gasteiger partial charge on any atom is -0.320 e. The van der Waals surface area contributed by atoms with E-state index in [-0.39, 0.29) is 5.91 Å². The van der Waals surface area contributed by atoms with E-state index in [0.717, 1.165) is 85.8 Å². The molecular formula is C31H38N8O. The summed E-state index contributed by atoms with van der Waals surface area (Å²) in [6.45, 7) is 8.16. The Morgan fingerprint density at radius 2 is 1.68 bits per heavy atom. The minimum absolute atomic E-state index is 0.242. The fraction of sp³-hybridized carbons (Fsp3) is 0.419. The van der Waals surface area contributed by atoms with Gasteiger partial charge in [0.25, 0.3) is 5.91 Å². The number of hydrogen-bond donors (Lipinski definition) is 2. The highest BCUT2D eigenvalue weighted by atomic mass is 16.1. The Bertz CT molecular complexity index is 1450. The molecule has 4 aromatic rings. The molecule has 2 saturated heterocycles. The fourth-order valence-electron chi connectivity index (χ4n) is 5.72. The molecule has 0 radical (unpaired) electrons. The number of likely N-dealkylation sites (N-methyl/N-ethyl adjacent to an activating group) is 1. The summed E-state index contributed by atoms with van der Waals surface area (Å²) in [4.78, 5) is 29.7. The smallest absolute Gasteiger partial charge is 0.276 e. The van der Waals surface area contributed by atoms with Crippen molar-refractivity contribution in [1.29, 1.82) is 0 Å². The van der Waals surface area contributed by atoms with Crippen molar-refractivity contribution in [3.63, 3.8) is 0 Å². The number of carbonyl (C=O) groups is 1. The van der Waals surface area contributed by atoms with Crippen LogP contribution in [0.15, 0.2) is 55.0 Å². The SMILES string of the molecule is CN1CCN(Cc2cc(NC(=O)c3n[nH]c4ccc(-c5cncc(CN6CCCCCC6)c5)cc34)ccn2)CC1. The number of benzene rings is 1. The summed E-state index contributed by atoms with van der Waals surface area (Å²) in [5.74, 6) is -0.242. The van der Waals surface area contributed by atoms with Crippen LogP contribution in [-0.4, -0.2) is 87.1 Å². The van der Waals surface area contributed by atoms with Crippen molar-refractivity contribution < 1.29 is 4.79 Å². The second-order valence-corrected chi connectivity index (χ2v) is 11.2. The minimum atomic E-state index is -0.242. The molecule has 6 rings (SSSR count). The number of nitrogens with one attached hydrogen (secondary N) is 2. The van der Waals surface area contributed by atoms with Gasteiger partial charge >= 0.3 is 0 Å². The lowest BCUT2D eigenvalue weighted by Gasteiger charge is -2.32. The zero-order valence-corrected chi connectivity index (χ0v) is 23.3. The Labute approximate surface area is 235 Å². The lowest BCUT2D eigenvalue weighted by Crippen LogP contribution is -2.44. The summed E-state index contributed by atoms with van der Waals surface area (Å²) >= 11 is 0. The quantitative estimate of drug-likeness (QED) is 0.360. The summed E-state index contributed by atoms with van der Waals surface area (Å²) in [6.07, 6.45) is 10.8. The molecule has 2 N–H and O–H groups in total. The second kappa shape index (κ2) is 12.2. The van der Waals surface area contributed by atoms with Crippen LogP contribution >= 0.6 is 0 Å². The molecule has 0 bridgehead atoms. The molecule has 0 aliphatic carbocycles. The Hall–Kier alpha value is -3.66. The number of rotatable bonds is 7. The van der Waals surface area contributed by atoms with Crippen LogP contribution in [0, 0.1) is 0 Å². The number of amides is 1. The van der Waals surface area contributed by atoms with Gasteiger partial charge in [-0.25, -0.2) is 0 Å². The van der Waals surface area contributed by atoms with E-state index in [4.69, 9.17) is 0 Å². The first-order valence-corrected chi connectivity index (χ1v) is 14.4. The number of carbonyl (C=O) groups excluding carboxylic acids is 1. The number of hydrogen-bond acceptors (Lipinski definition) is 7. The molecule has 5 heterocycles. The van der Waals surface area contributed by atoms with Gasteiger partial charge in [-0.05, 0) is 74.4 Å². The molecule has 2 aliphatic heterocycles. The molecule has 208 valence electrons. The molecule has 2 aliphatic rings. The van der Waals surface area contributed by atoms with Crippen molar-refractivity contribution in [3.8, 4) is 11.1 Å². The molecule has 3 aromatic heterocycles. The van der Waals surface area contributed by atoms with E-state index in [1.807, 2.05) is 36.7 Å². The van der Waals surface area contributed by atoms with Gasteiger partial charge in [0, 0.05) is 74.5 Å². The number of piperazine rings is 1. The first-order valence-electron chi connectivity index (χ1n) is 14.4. The van der Waals surface area contributed by atoms with Crippen LogP contribution in [0.4, 0.5) is 5.69 Å². The normalized spacial score (nSPS) is 17.6. The van der Waals surface area contributed by atoms with E-state index in [9.17, 15) is 4.79 Å². The monoisotopic (exact) mass is 538 g/mol. The Morgan fingerprint density at radius 3 is 2.50 bits per heavy atom. The first kappa shape index (κ1) is 26.6. The second-order valence-electron chi connectivity index (χ2n) is 11.2. The number of pyridine rings is 2. The predicted octanol–water partition coefficient (Wildman–Crippen LogP) is 4.40. The van der Waals surface area contributed by atoms with Gasteiger partial charge in [0.2, 0.25) is 0 Å². The maximum absolute atomic E-state index is 13.3. The van der Waals surface area contributed by atoms with Crippen LogP contribution < -0.4 is 5.32 Å². The molecule has 9 heteroatoms. The van der Waals surface area contributed by atoms with Gasteiger partial charge in [0.05, 0.1) is 11.2 Å². The summed E-state index contributed by atoms with van der Waals surface area (Å²) in [7, 11) is 2.15. The first-order chi connectivity index (χ1) is 19.6. The average Bonchev–Trinajstić information content (AvgIpc) is 3.23. The Morgan fingerprint density at radius 1 is 0.875 bits per heavy atom. The number of H-pyrrole nitrogens is 1. The van der Waals surface area contributed by atoms with Crippen LogP contribution in [-0.2, 0) is 13.1 Å². The zero-order chi connectivity index (χ0) is 27.3. The number of aromatic nitrogens is 4. The molecule has 1 amide bonds. The van der Waals surface area contributed by atoms with Crippen LogP contribution in [0.5, 0.6) is 0 Å². The Balaban J connectivity index is 1.17. The summed E-state index contributed by atoms with van der Waals surface area (Å²) in [5, 5.41) is 11.2. The van der Waals surface area contributed by atoms with Gasteiger partial charge in [-0.2, -0.15) is 5.10 Å². The highest BCUT2D eigenvalue weighted by Gasteiger charge is 2.18. The standard InChI is InChI=1S/C31H38N8O/c1-37-12-14-39(15-13-37)22-27-18-26(8-9-33-27)34-31(40)30-28-17-24(6-7-29(28)35-36-30)25-16-23(19-32-20-25)21-38-10-4-2-3-5-11-38/h6-9,16-20H,2-5,10-15,21-22H2,1H3,(H,35,36)(H,33,34,40). The van der Waals surface area contributed by atoms with Crippen molar-refractivity contribution in [2.45, 2.75) is 38.8 Å². The van der Waals surface area contributed by atoms with Gasteiger partial charge in [-0.15, -0.1) is 0 Å². The fourth-order valence-corrected chi connectivity index (χ4v) is 5.72. The predicted molar refractivity (Wildman–Crippen MR) is 158 cm³/mol. The molecule has 0 unspecified atom stereocenters. The van der Waals surface area contributed by atoms with Crippen molar-refractivity contribution in [2.24, 2.45) is 0 Å². The van der Waals surface area contributed by atoms with Crippen molar-refractivity contribution in [3.05, 3.63) is 71.9 Å². The molecule has 1 aromatic carbocycles. The number of aromatic amines is 1. The van der Waals surface area contributed by atoms with Crippen molar-refractivity contribution in [1.82, 2.24) is 34.9 Å².